The Morgan fingerprint density at radius 3 is 3.00 bits per heavy atom. The number of allylic oxidation sites excluding steroid dienone is 1. The molecule has 0 unspecified atom stereocenters. The highest BCUT2D eigenvalue weighted by molar-refractivity contribution is 5.84. The normalized spacial score (nSPS) is 28.6. The maximum absolute atomic E-state index is 11.7. The molecule has 1 aliphatic rings. The standard InChI is InChI=1S/C12H18O4/c1-4-6-7-12(3)9(8-10(13)16-12)11(14)15-5-2/h4,9H,1,5-8H2,2-3H3/t9-,12-/m0/s1. The van der Waals surface area contributed by atoms with Gasteiger partial charge < -0.3 is 9.47 Å². The Morgan fingerprint density at radius 2 is 2.44 bits per heavy atom. The maximum atomic E-state index is 11.7. The molecule has 0 saturated carbocycles. The number of hydrogen-bond acceptors (Lipinski definition) is 4. The second-order valence-electron chi connectivity index (χ2n) is 4.12. The summed E-state index contributed by atoms with van der Waals surface area (Å²) in [5.74, 6) is -1.16. The van der Waals surface area contributed by atoms with Crippen LogP contribution in [0, 0.1) is 5.92 Å². The molecule has 4 nitrogen and oxygen atoms in total. The van der Waals surface area contributed by atoms with Crippen molar-refractivity contribution in [1.82, 2.24) is 0 Å². The van der Waals surface area contributed by atoms with Crippen LogP contribution >= 0.6 is 0 Å². The van der Waals surface area contributed by atoms with E-state index in [0.29, 0.717) is 19.4 Å². The van der Waals surface area contributed by atoms with E-state index in [-0.39, 0.29) is 18.4 Å². The van der Waals surface area contributed by atoms with Gasteiger partial charge in [0.05, 0.1) is 13.0 Å². The van der Waals surface area contributed by atoms with Crippen molar-refractivity contribution < 1.29 is 19.1 Å². The molecule has 0 aromatic heterocycles. The van der Waals surface area contributed by atoms with Gasteiger partial charge in [0.1, 0.15) is 11.5 Å². The molecule has 0 radical (unpaired) electrons. The van der Waals surface area contributed by atoms with Gasteiger partial charge in [-0.05, 0) is 26.7 Å². The zero-order valence-corrected chi connectivity index (χ0v) is 9.82. The summed E-state index contributed by atoms with van der Waals surface area (Å²) in [5, 5.41) is 0. The van der Waals surface area contributed by atoms with Crippen molar-refractivity contribution in [2.75, 3.05) is 6.61 Å². The van der Waals surface area contributed by atoms with E-state index in [4.69, 9.17) is 9.47 Å². The maximum Gasteiger partial charge on any atom is 0.313 e. The van der Waals surface area contributed by atoms with Gasteiger partial charge in [0.2, 0.25) is 0 Å². The van der Waals surface area contributed by atoms with E-state index in [9.17, 15) is 9.59 Å². The quantitative estimate of drug-likeness (QED) is 0.530. The lowest BCUT2D eigenvalue weighted by atomic mass is 9.85. The molecule has 4 heteroatoms. The lowest BCUT2D eigenvalue weighted by Gasteiger charge is -2.27. The first-order valence-electron chi connectivity index (χ1n) is 5.53. The largest absolute Gasteiger partial charge is 0.466 e. The van der Waals surface area contributed by atoms with Gasteiger partial charge in [-0.25, -0.2) is 0 Å². The van der Waals surface area contributed by atoms with Crippen LogP contribution in [0.3, 0.4) is 0 Å². The lowest BCUT2D eigenvalue weighted by molar-refractivity contribution is -0.157. The highest BCUT2D eigenvalue weighted by Crippen LogP contribution is 2.37. The van der Waals surface area contributed by atoms with E-state index in [2.05, 4.69) is 6.58 Å². The molecule has 0 aromatic carbocycles. The molecule has 0 amide bonds. The van der Waals surface area contributed by atoms with Gasteiger partial charge in [0, 0.05) is 0 Å². The average molecular weight is 226 g/mol. The molecule has 1 fully saturated rings. The molecular weight excluding hydrogens is 208 g/mol. The first-order chi connectivity index (χ1) is 7.53. The van der Waals surface area contributed by atoms with Crippen molar-refractivity contribution >= 4 is 11.9 Å². The third-order valence-corrected chi connectivity index (χ3v) is 2.87. The van der Waals surface area contributed by atoms with Gasteiger partial charge >= 0.3 is 11.9 Å². The Morgan fingerprint density at radius 1 is 1.75 bits per heavy atom. The van der Waals surface area contributed by atoms with Crippen LogP contribution < -0.4 is 0 Å². The van der Waals surface area contributed by atoms with Crippen LogP contribution in [0.1, 0.15) is 33.1 Å². The summed E-state index contributed by atoms with van der Waals surface area (Å²) in [5.41, 5.74) is -0.739. The molecule has 0 bridgehead atoms. The van der Waals surface area contributed by atoms with Crippen LogP contribution in [0.25, 0.3) is 0 Å². The third-order valence-electron chi connectivity index (χ3n) is 2.87. The summed E-state index contributed by atoms with van der Waals surface area (Å²) in [6, 6.07) is 0. The molecule has 0 aliphatic carbocycles. The van der Waals surface area contributed by atoms with Crippen LogP contribution in [-0.2, 0) is 19.1 Å². The SMILES string of the molecule is C=CCC[C@]1(C)OC(=O)C[C@H]1C(=O)OCC. The first kappa shape index (κ1) is 12.7. The van der Waals surface area contributed by atoms with Gasteiger partial charge in [-0.3, -0.25) is 9.59 Å². The Labute approximate surface area is 95.6 Å². The molecule has 1 rings (SSSR count). The number of cyclic esters (lactones) is 1. The molecule has 1 aliphatic heterocycles. The summed E-state index contributed by atoms with van der Waals surface area (Å²) in [7, 11) is 0. The molecule has 0 aromatic rings. The van der Waals surface area contributed by atoms with Crippen molar-refractivity contribution in [1.29, 1.82) is 0 Å². The summed E-state index contributed by atoms with van der Waals surface area (Å²) < 4.78 is 10.2. The Kier molecular flexibility index (Phi) is 4.10. The van der Waals surface area contributed by atoms with Crippen LogP contribution in [0.5, 0.6) is 0 Å². The van der Waals surface area contributed by atoms with E-state index in [1.807, 2.05) is 0 Å². The number of carbonyl (C=O) groups excluding carboxylic acids is 2. The van der Waals surface area contributed by atoms with Crippen molar-refractivity contribution in [2.45, 2.75) is 38.7 Å². The van der Waals surface area contributed by atoms with Gasteiger partial charge in [0.15, 0.2) is 0 Å². The molecule has 90 valence electrons. The van der Waals surface area contributed by atoms with E-state index in [1.54, 1.807) is 19.9 Å². The van der Waals surface area contributed by atoms with Crippen LogP contribution in [-0.4, -0.2) is 24.1 Å². The smallest absolute Gasteiger partial charge is 0.313 e. The number of esters is 2. The Hall–Kier alpha value is -1.32. The van der Waals surface area contributed by atoms with Gasteiger partial charge in [-0.15, -0.1) is 6.58 Å². The van der Waals surface area contributed by atoms with E-state index in [0.717, 1.165) is 0 Å². The molecule has 16 heavy (non-hydrogen) atoms. The first-order valence-corrected chi connectivity index (χ1v) is 5.53. The molecule has 2 atom stereocenters. The highest BCUT2D eigenvalue weighted by atomic mass is 16.6. The fraction of sp³-hybridized carbons (Fsp3) is 0.667. The fourth-order valence-electron chi connectivity index (χ4n) is 1.94. The van der Waals surface area contributed by atoms with Crippen LogP contribution in [0.4, 0.5) is 0 Å². The molecule has 0 N–H and O–H groups in total. The highest BCUT2D eigenvalue weighted by Gasteiger charge is 2.49. The zero-order valence-electron chi connectivity index (χ0n) is 9.82. The Bertz CT molecular complexity index is 297. The molecular formula is C12H18O4. The van der Waals surface area contributed by atoms with Gasteiger partial charge in [-0.1, -0.05) is 6.08 Å². The minimum absolute atomic E-state index is 0.118. The molecule has 1 saturated heterocycles. The second kappa shape index (κ2) is 5.14. The fourth-order valence-corrected chi connectivity index (χ4v) is 1.94. The topological polar surface area (TPSA) is 52.6 Å². The van der Waals surface area contributed by atoms with Gasteiger partial charge in [0.25, 0.3) is 0 Å². The third kappa shape index (κ3) is 2.62. The number of carbonyl (C=O) groups is 2. The number of rotatable bonds is 5. The van der Waals surface area contributed by atoms with E-state index >= 15 is 0 Å². The molecule has 1 heterocycles. The zero-order chi connectivity index (χ0) is 12.2. The lowest BCUT2D eigenvalue weighted by Crippen LogP contribution is -2.37. The van der Waals surface area contributed by atoms with Crippen molar-refractivity contribution in [3.63, 3.8) is 0 Å². The predicted octanol–water partition coefficient (Wildman–Crippen LogP) is 1.84. The van der Waals surface area contributed by atoms with Crippen LogP contribution in [0.15, 0.2) is 12.7 Å². The summed E-state index contributed by atoms with van der Waals surface area (Å²) in [6.07, 6.45) is 3.18. The van der Waals surface area contributed by atoms with Gasteiger partial charge in [-0.2, -0.15) is 0 Å². The summed E-state index contributed by atoms with van der Waals surface area (Å²) in [4.78, 5) is 23.0. The minimum Gasteiger partial charge on any atom is -0.466 e. The number of hydrogen-bond donors (Lipinski definition) is 0. The molecule has 0 spiro atoms. The number of ether oxygens (including phenoxy) is 2. The minimum atomic E-state index is -0.739. The summed E-state index contributed by atoms with van der Waals surface area (Å²) in [6.45, 7) is 7.47. The van der Waals surface area contributed by atoms with Crippen molar-refractivity contribution in [3.05, 3.63) is 12.7 Å². The monoisotopic (exact) mass is 226 g/mol. The van der Waals surface area contributed by atoms with Crippen molar-refractivity contribution in [3.8, 4) is 0 Å². The average Bonchev–Trinajstić information content (AvgIpc) is 2.52. The van der Waals surface area contributed by atoms with E-state index < -0.39 is 11.5 Å². The van der Waals surface area contributed by atoms with Crippen LogP contribution in [0.2, 0.25) is 0 Å². The van der Waals surface area contributed by atoms with Crippen molar-refractivity contribution in [2.24, 2.45) is 5.92 Å². The second-order valence-corrected chi connectivity index (χ2v) is 4.12. The van der Waals surface area contributed by atoms with E-state index in [1.165, 1.54) is 0 Å². The summed E-state index contributed by atoms with van der Waals surface area (Å²) >= 11 is 0. The predicted molar refractivity (Wildman–Crippen MR) is 58.7 cm³/mol. The Balaban J connectivity index is 2.75.